The SMILES string of the molecule is CC1NC(=O)CC1c1cncnc1. The van der Waals surface area contributed by atoms with E-state index in [1.807, 2.05) is 6.92 Å². The van der Waals surface area contributed by atoms with Gasteiger partial charge in [-0.15, -0.1) is 0 Å². The Bertz CT molecular complexity index is 312. The van der Waals surface area contributed by atoms with Crippen LogP contribution in [-0.4, -0.2) is 21.9 Å². The van der Waals surface area contributed by atoms with Gasteiger partial charge in [-0.3, -0.25) is 4.79 Å². The number of carbonyl (C=O) groups is 1. The van der Waals surface area contributed by atoms with Crippen LogP contribution in [-0.2, 0) is 4.79 Å². The molecule has 0 bridgehead atoms. The first-order valence-electron chi connectivity index (χ1n) is 4.31. The molecule has 1 fully saturated rings. The van der Waals surface area contributed by atoms with Gasteiger partial charge in [0.15, 0.2) is 0 Å². The second kappa shape index (κ2) is 3.12. The predicted molar refractivity (Wildman–Crippen MR) is 47.0 cm³/mol. The standard InChI is InChI=1S/C9H11N3O/c1-6-8(2-9(13)12-6)7-3-10-5-11-4-7/h3-6,8H,2H2,1H3,(H,12,13). The van der Waals surface area contributed by atoms with Crippen molar-refractivity contribution in [1.29, 1.82) is 0 Å². The van der Waals surface area contributed by atoms with Gasteiger partial charge in [-0.05, 0) is 12.5 Å². The first kappa shape index (κ1) is 8.16. The lowest BCUT2D eigenvalue weighted by Crippen LogP contribution is -2.24. The van der Waals surface area contributed by atoms with E-state index in [0.29, 0.717) is 6.42 Å². The lowest BCUT2D eigenvalue weighted by molar-refractivity contribution is -0.119. The Labute approximate surface area is 76.4 Å². The van der Waals surface area contributed by atoms with Crippen molar-refractivity contribution in [3.8, 4) is 0 Å². The van der Waals surface area contributed by atoms with E-state index in [-0.39, 0.29) is 17.9 Å². The first-order valence-corrected chi connectivity index (χ1v) is 4.31. The number of carbonyl (C=O) groups excluding carboxylic acids is 1. The van der Waals surface area contributed by atoms with E-state index in [0.717, 1.165) is 5.56 Å². The molecule has 2 unspecified atom stereocenters. The summed E-state index contributed by atoms with van der Waals surface area (Å²) in [5, 5.41) is 2.87. The Morgan fingerprint density at radius 1 is 1.46 bits per heavy atom. The molecule has 1 aromatic rings. The summed E-state index contributed by atoms with van der Waals surface area (Å²) in [6, 6.07) is 0.193. The number of hydrogen-bond donors (Lipinski definition) is 1. The summed E-state index contributed by atoms with van der Waals surface area (Å²) in [5.74, 6) is 0.343. The summed E-state index contributed by atoms with van der Waals surface area (Å²) in [4.78, 5) is 19.0. The summed E-state index contributed by atoms with van der Waals surface area (Å²) in [6.07, 6.45) is 5.59. The Balaban J connectivity index is 2.23. The monoisotopic (exact) mass is 177 g/mol. The van der Waals surface area contributed by atoms with Gasteiger partial charge in [-0.2, -0.15) is 0 Å². The Hall–Kier alpha value is -1.45. The second-order valence-corrected chi connectivity index (χ2v) is 3.34. The second-order valence-electron chi connectivity index (χ2n) is 3.34. The largest absolute Gasteiger partial charge is 0.353 e. The average Bonchev–Trinajstić information content (AvgIpc) is 2.47. The van der Waals surface area contributed by atoms with Crippen molar-refractivity contribution in [2.75, 3.05) is 0 Å². The van der Waals surface area contributed by atoms with Crippen LogP contribution in [0.2, 0.25) is 0 Å². The molecule has 4 nitrogen and oxygen atoms in total. The van der Waals surface area contributed by atoms with Crippen molar-refractivity contribution >= 4 is 5.91 Å². The number of nitrogens with one attached hydrogen (secondary N) is 1. The van der Waals surface area contributed by atoms with Crippen molar-refractivity contribution in [1.82, 2.24) is 15.3 Å². The Morgan fingerprint density at radius 2 is 2.15 bits per heavy atom. The van der Waals surface area contributed by atoms with Crippen molar-refractivity contribution in [2.24, 2.45) is 0 Å². The minimum absolute atomic E-state index is 0.112. The molecule has 0 spiro atoms. The quantitative estimate of drug-likeness (QED) is 0.678. The summed E-state index contributed by atoms with van der Waals surface area (Å²) in [7, 11) is 0. The summed E-state index contributed by atoms with van der Waals surface area (Å²) < 4.78 is 0. The van der Waals surface area contributed by atoms with Crippen molar-refractivity contribution in [2.45, 2.75) is 25.3 Å². The van der Waals surface area contributed by atoms with E-state index in [9.17, 15) is 4.79 Å². The molecule has 2 atom stereocenters. The van der Waals surface area contributed by atoms with Gasteiger partial charge in [0.05, 0.1) is 0 Å². The minimum Gasteiger partial charge on any atom is -0.353 e. The fraction of sp³-hybridized carbons (Fsp3) is 0.444. The number of aromatic nitrogens is 2. The molecule has 0 radical (unpaired) electrons. The molecule has 68 valence electrons. The molecule has 2 heterocycles. The molecule has 4 heteroatoms. The predicted octanol–water partition coefficient (Wildman–Crippen LogP) is 0.469. The van der Waals surface area contributed by atoms with Crippen LogP contribution in [0.3, 0.4) is 0 Å². The number of hydrogen-bond acceptors (Lipinski definition) is 3. The maximum atomic E-state index is 11.1. The summed E-state index contributed by atoms with van der Waals surface area (Å²) >= 11 is 0. The smallest absolute Gasteiger partial charge is 0.220 e. The zero-order chi connectivity index (χ0) is 9.26. The zero-order valence-electron chi connectivity index (χ0n) is 7.40. The first-order chi connectivity index (χ1) is 6.27. The highest BCUT2D eigenvalue weighted by atomic mass is 16.1. The molecule has 1 amide bonds. The molecule has 2 rings (SSSR count). The van der Waals surface area contributed by atoms with Crippen LogP contribution in [0, 0.1) is 0 Å². The number of nitrogens with zero attached hydrogens (tertiary/aromatic N) is 2. The van der Waals surface area contributed by atoms with E-state index in [1.165, 1.54) is 6.33 Å². The minimum atomic E-state index is 0.112. The Kier molecular flexibility index (Phi) is 1.96. The van der Waals surface area contributed by atoms with Gasteiger partial charge in [0.25, 0.3) is 0 Å². The van der Waals surface area contributed by atoms with Gasteiger partial charge < -0.3 is 5.32 Å². The third-order valence-electron chi connectivity index (χ3n) is 2.41. The van der Waals surface area contributed by atoms with Gasteiger partial charge in [0.1, 0.15) is 6.33 Å². The molecular weight excluding hydrogens is 166 g/mol. The van der Waals surface area contributed by atoms with Crippen LogP contribution < -0.4 is 5.32 Å². The van der Waals surface area contributed by atoms with Gasteiger partial charge in [-0.25, -0.2) is 9.97 Å². The molecule has 13 heavy (non-hydrogen) atoms. The lowest BCUT2D eigenvalue weighted by Gasteiger charge is -2.12. The molecule has 0 aliphatic carbocycles. The van der Waals surface area contributed by atoms with Gasteiger partial charge >= 0.3 is 0 Å². The molecule has 0 saturated carbocycles. The zero-order valence-corrected chi connectivity index (χ0v) is 7.40. The molecule has 0 aromatic carbocycles. The highest BCUT2D eigenvalue weighted by Crippen LogP contribution is 2.26. The van der Waals surface area contributed by atoms with Crippen molar-refractivity contribution < 1.29 is 4.79 Å². The topological polar surface area (TPSA) is 54.9 Å². The summed E-state index contributed by atoms with van der Waals surface area (Å²) in [5.41, 5.74) is 1.04. The molecule has 1 N–H and O–H groups in total. The van der Waals surface area contributed by atoms with Crippen LogP contribution >= 0.6 is 0 Å². The van der Waals surface area contributed by atoms with E-state index in [4.69, 9.17) is 0 Å². The average molecular weight is 177 g/mol. The van der Waals surface area contributed by atoms with E-state index >= 15 is 0 Å². The third kappa shape index (κ3) is 1.52. The summed E-state index contributed by atoms with van der Waals surface area (Å²) in [6.45, 7) is 2.00. The molecular formula is C9H11N3O. The van der Waals surface area contributed by atoms with Crippen LogP contribution in [0.5, 0.6) is 0 Å². The highest BCUT2D eigenvalue weighted by molar-refractivity contribution is 5.80. The van der Waals surface area contributed by atoms with Crippen LogP contribution in [0.25, 0.3) is 0 Å². The fourth-order valence-corrected chi connectivity index (χ4v) is 1.70. The molecule has 1 aromatic heterocycles. The number of amides is 1. The lowest BCUT2D eigenvalue weighted by atomic mass is 9.95. The van der Waals surface area contributed by atoms with Crippen LogP contribution in [0.4, 0.5) is 0 Å². The van der Waals surface area contributed by atoms with Crippen LogP contribution in [0.1, 0.15) is 24.8 Å². The number of rotatable bonds is 1. The Morgan fingerprint density at radius 3 is 2.69 bits per heavy atom. The molecule has 1 aliphatic rings. The third-order valence-corrected chi connectivity index (χ3v) is 2.41. The van der Waals surface area contributed by atoms with Gasteiger partial charge in [0.2, 0.25) is 5.91 Å². The van der Waals surface area contributed by atoms with E-state index in [2.05, 4.69) is 15.3 Å². The fourth-order valence-electron chi connectivity index (χ4n) is 1.70. The van der Waals surface area contributed by atoms with Crippen LogP contribution in [0.15, 0.2) is 18.7 Å². The van der Waals surface area contributed by atoms with E-state index in [1.54, 1.807) is 12.4 Å². The maximum absolute atomic E-state index is 11.1. The van der Waals surface area contributed by atoms with E-state index < -0.39 is 0 Å². The normalized spacial score (nSPS) is 27.3. The highest BCUT2D eigenvalue weighted by Gasteiger charge is 2.30. The van der Waals surface area contributed by atoms with Gasteiger partial charge in [-0.1, -0.05) is 0 Å². The maximum Gasteiger partial charge on any atom is 0.220 e. The van der Waals surface area contributed by atoms with Crippen molar-refractivity contribution in [3.63, 3.8) is 0 Å². The molecule has 1 aliphatic heterocycles. The van der Waals surface area contributed by atoms with Crippen molar-refractivity contribution in [3.05, 3.63) is 24.3 Å². The van der Waals surface area contributed by atoms with Gasteiger partial charge in [0, 0.05) is 30.8 Å². The molecule has 1 saturated heterocycles.